The number of rotatable bonds is 7. The van der Waals surface area contributed by atoms with Gasteiger partial charge in [0.2, 0.25) is 0 Å². The number of halogens is 1. The van der Waals surface area contributed by atoms with Gasteiger partial charge in [0, 0.05) is 11.5 Å². The highest BCUT2D eigenvalue weighted by atomic mass is 79.9. The first-order valence-corrected chi connectivity index (χ1v) is 7.31. The Labute approximate surface area is 118 Å². The predicted octanol–water partition coefficient (Wildman–Crippen LogP) is 4.86. The highest BCUT2D eigenvalue weighted by Gasteiger charge is 2.19. The van der Waals surface area contributed by atoms with E-state index in [9.17, 15) is 4.79 Å². The van der Waals surface area contributed by atoms with Crippen LogP contribution in [0, 0.1) is 5.92 Å². The number of carbonyl (C=O) groups excluding carboxylic acids is 1. The van der Waals surface area contributed by atoms with E-state index in [0.717, 1.165) is 41.5 Å². The summed E-state index contributed by atoms with van der Waals surface area (Å²) in [4.78, 5) is 12.4. The summed E-state index contributed by atoms with van der Waals surface area (Å²) in [5, 5.41) is 0. The fraction of sp³-hybridized carbons (Fsp3) is 0.533. The lowest BCUT2D eigenvalue weighted by Crippen LogP contribution is -2.14. The number of methoxy groups -OCH3 is 1. The summed E-state index contributed by atoms with van der Waals surface area (Å²) < 4.78 is 6.01. The maximum Gasteiger partial charge on any atom is 0.165 e. The van der Waals surface area contributed by atoms with Gasteiger partial charge in [0.05, 0.1) is 11.6 Å². The monoisotopic (exact) mass is 312 g/mol. The van der Waals surface area contributed by atoms with Crippen molar-refractivity contribution in [2.24, 2.45) is 5.92 Å². The number of ether oxygens (including phenoxy) is 1. The molecule has 1 rings (SSSR count). The van der Waals surface area contributed by atoms with E-state index < -0.39 is 0 Å². The topological polar surface area (TPSA) is 26.3 Å². The molecular weight excluding hydrogens is 292 g/mol. The fourth-order valence-corrected chi connectivity index (χ4v) is 2.70. The van der Waals surface area contributed by atoms with Crippen LogP contribution >= 0.6 is 15.9 Å². The average Bonchev–Trinajstić information content (AvgIpc) is 2.37. The first-order valence-electron chi connectivity index (χ1n) is 6.51. The zero-order chi connectivity index (χ0) is 13.5. The minimum Gasteiger partial charge on any atom is -0.496 e. The number of hydrogen-bond donors (Lipinski definition) is 0. The van der Waals surface area contributed by atoms with Crippen LogP contribution in [0.1, 0.15) is 49.9 Å². The molecule has 0 amide bonds. The molecule has 0 N–H and O–H groups in total. The molecule has 3 heteroatoms. The van der Waals surface area contributed by atoms with Gasteiger partial charge in [0.25, 0.3) is 0 Å². The summed E-state index contributed by atoms with van der Waals surface area (Å²) in [6.45, 7) is 4.25. The third-order valence-electron chi connectivity index (χ3n) is 3.08. The molecule has 0 aliphatic rings. The SMILES string of the molecule is CCCC(CCC)C(=O)c1ccc(OC)c(Br)c1. The largest absolute Gasteiger partial charge is 0.496 e. The Balaban J connectivity index is 2.90. The van der Waals surface area contributed by atoms with Gasteiger partial charge in [-0.25, -0.2) is 0 Å². The van der Waals surface area contributed by atoms with Crippen LogP contribution in [-0.2, 0) is 0 Å². The predicted molar refractivity (Wildman–Crippen MR) is 78.3 cm³/mol. The Bertz CT molecular complexity index is 395. The molecule has 1 aromatic rings. The Kier molecular flexibility index (Phi) is 6.41. The van der Waals surface area contributed by atoms with Crippen LogP contribution in [0.3, 0.4) is 0 Å². The Morgan fingerprint density at radius 2 is 1.89 bits per heavy atom. The van der Waals surface area contributed by atoms with E-state index in [1.165, 1.54) is 0 Å². The molecule has 100 valence electrons. The first-order chi connectivity index (χ1) is 8.63. The van der Waals surface area contributed by atoms with Gasteiger partial charge in [-0.2, -0.15) is 0 Å². The van der Waals surface area contributed by atoms with Crippen molar-refractivity contribution in [3.05, 3.63) is 28.2 Å². The first kappa shape index (κ1) is 15.2. The summed E-state index contributed by atoms with van der Waals surface area (Å²) in [6, 6.07) is 5.55. The van der Waals surface area contributed by atoms with Gasteiger partial charge in [-0.3, -0.25) is 4.79 Å². The van der Waals surface area contributed by atoms with Gasteiger partial charge < -0.3 is 4.74 Å². The lowest BCUT2D eigenvalue weighted by Gasteiger charge is -2.14. The van der Waals surface area contributed by atoms with Gasteiger partial charge in [-0.05, 0) is 47.0 Å². The number of carbonyl (C=O) groups is 1. The molecule has 0 saturated carbocycles. The van der Waals surface area contributed by atoms with E-state index in [0.29, 0.717) is 0 Å². The molecule has 0 atom stereocenters. The van der Waals surface area contributed by atoms with E-state index >= 15 is 0 Å². The van der Waals surface area contributed by atoms with Crippen molar-refractivity contribution in [1.29, 1.82) is 0 Å². The molecule has 0 fully saturated rings. The molecule has 0 spiro atoms. The second kappa shape index (κ2) is 7.57. The maximum atomic E-state index is 12.4. The van der Waals surface area contributed by atoms with E-state index in [-0.39, 0.29) is 11.7 Å². The molecule has 0 unspecified atom stereocenters. The molecule has 2 nitrogen and oxygen atoms in total. The third-order valence-corrected chi connectivity index (χ3v) is 3.70. The van der Waals surface area contributed by atoms with Crippen molar-refractivity contribution >= 4 is 21.7 Å². The molecule has 1 aromatic carbocycles. The molecule has 0 aliphatic carbocycles. The number of benzene rings is 1. The molecule has 18 heavy (non-hydrogen) atoms. The number of hydrogen-bond acceptors (Lipinski definition) is 2. The van der Waals surface area contributed by atoms with Crippen LogP contribution < -0.4 is 4.74 Å². The van der Waals surface area contributed by atoms with Crippen molar-refractivity contribution in [1.82, 2.24) is 0 Å². The van der Waals surface area contributed by atoms with Crippen molar-refractivity contribution in [2.45, 2.75) is 39.5 Å². The van der Waals surface area contributed by atoms with Crippen LogP contribution in [0.5, 0.6) is 5.75 Å². The van der Waals surface area contributed by atoms with Crippen LogP contribution in [-0.4, -0.2) is 12.9 Å². The minimum absolute atomic E-state index is 0.153. The van der Waals surface area contributed by atoms with Gasteiger partial charge in [0.1, 0.15) is 5.75 Å². The highest BCUT2D eigenvalue weighted by Crippen LogP contribution is 2.28. The molecule has 0 saturated heterocycles. The molecule has 0 aliphatic heterocycles. The van der Waals surface area contributed by atoms with Crippen molar-refractivity contribution in [3.63, 3.8) is 0 Å². The van der Waals surface area contributed by atoms with E-state index in [2.05, 4.69) is 29.8 Å². The van der Waals surface area contributed by atoms with Crippen molar-refractivity contribution < 1.29 is 9.53 Å². The minimum atomic E-state index is 0.153. The summed E-state index contributed by atoms with van der Waals surface area (Å²) in [5.41, 5.74) is 0.773. The van der Waals surface area contributed by atoms with Crippen LogP contribution in [0.25, 0.3) is 0 Å². The average molecular weight is 313 g/mol. The maximum absolute atomic E-state index is 12.4. The second-order valence-electron chi connectivity index (χ2n) is 4.49. The Morgan fingerprint density at radius 1 is 1.28 bits per heavy atom. The fourth-order valence-electron chi connectivity index (χ4n) is 2.16. The van der Waals surface area contributed by atoms with Gasteiger partial charge in [-0.15, -0.1) is 0 Å². The van der Waals surface area contributed by atoms with Crippen LogP contribution in [0.4, 0.5) is 0 Å². The standard InChI is InChI=1S/C15H21BrO2/c1-4-6-11(7-5-2)15(17)12-8-9-14(18-3)13(16)10-12/h8-11H,4-7H2,1-3H3. The third kappa shape index (κ3) is 3.84. The summed E-state index contributed by atoms with van der Waals surface area (Å²) >= 11 is 3.43. The van der Waals surface area contributed by atoms with Gasteiger partial charge in [-0.1, -0.05) is 26.7 Å². The van der Waals surface area contributed by atoms with Crippen molar-refractivity contribution in [2.75, 3.05) is 7.11 Å². The smallest absolute Gasteiger partial charge is 0.165 e. The van der Waals surface area contributed by atoms with Crippen LogP contribution in [0.15, 0.2) is 22.7 Å². The second-order valence-corrected chi connectivity index (χ2v) is 5.34. The van der Waals surface area contributed by atoms with Crippen LogP contribution in [0.2, 0.25) is 0 Å². The zero-order valence-electron chi connectivity index (χ0n) is 11.3. The summed E-state index contributed by atoms with van der Waals surface area (Å²) in [5.74, 6) is 1.16. The number of ketones is 1. The quantitative estimate of drug-likeness (QED) is 0.672. The lowest BCUT2D eigenvalue weighted by atomic mass is 9.90. The Hall–Kier alpha value is -0.830. The van der Waals surface area contributed by atoms with E-state index in [1.807, 2.05) is 18.2 Å². The Morgan fingerprint density at radius 3 is 2.33 bits per heavy atom. The normalized spacial score (nSPS) is 10.7. The highest BCUT2D eigenvalue weighted by molar-refractivity contribution is 9.10. The summed E-state index contributed by atoms with van der Waals surface area (Å²) in [7, 11) is 1.62. The zero-order valence-corrected chi connectivity index (χ0v) is 12.9. The lowest BCUT2D eigenvalue weighted by molar-refractivity contribution is 0.0905. The summed E-state index contributed by atoms with van der Waals surface area (Å²) in [6.07, 6.45) is 4.04. The van der Waals surface area contributed by atoms with Gasteiger partial charge >= 0.3 is 0 Å². The number of Topliss-reactive ketones (excluding diaryl/α,β-unsaturated/α-hetero) is 1. The molecule has 0 bridgehead atoms. The molecular formula is C15H21BrO2. The van der Waals surface area contributed by atoms with Gasteiger partial charge in [0.15, 0.2) is 5.78 Å². The molecule has 0 radical (unpaired) electrons. The molecule has 0 aromatic heterocycles. The van der Waals surface area contributed by atoms with E-state index in [1.54, 1.807) is 7.11 Å². The molecule has 0 heterocycles. The van der Waals surface area contributed by atoms with Crippen molar-refractivity contribution in [3.8, 4) is 5.75 Å². The van der Waals surface area contributed by atoms with E-state index in [4.69, 9.17) is 4.74 Å².